The predicted molar refractivity (Wildman–Crippen MR) is 58.0 cm³/mol. The van der Waals surface area contributed by atoms with E-state index in [4.69, 9.17) is 0 Å². The molecule has 0 fully saturated rings. The van der Waals surface area contributed by atoms with Crippen molar-refractivity contribution in [3.05, 3.63) is 21.6 Å². The Labute approximate surface area is 84.0 Å². The molecule has 4 heteroatoms. The quantitative estimate of drug-likeness (QED) is 0.773. The Bertz CT molecular complexity index is 379. The fourth-order valence-corrected chi connectivity index (χ4v) is 1.47. The van der Waals surface area contributed by atoms with E-state index in [-0.39, 0.29) is 11.5 Å². The van der Waals surface area contributed by atoms with Crippen LogP contribution >= 0.6 is 0 Å². The summed E-state index contributed by atoms with van der Waals surface area (Å²) >= 11 is 0. The molecule has 0 aromatic carbocycles. The van der Waals surface area contributed by atoms with Gasteiger partial charge in [0.2, 0.25) is 5.95 Å². The van der Waals surface area contributed by atoms with E-state index in [1.54, 1.807) is 4.90 Å². The lowest BCUT2D eigenvalue weighted by Crippen LogP contribution is -2.23. The highest BCUT2D eigenvalue weighted by molar-refractivity contribution is 5.31. The summed E-state index contributed by atoms with van der Waals surface area (Å²) in [7, 11) is 3.71. The Balaban J connectivity index is 3.33. The summed E-state index contributed by atoms with van der Waals surface area (Å²) in [5, 5.41) is 0. The average molecular weight is 195 g/mol. The standard InChI is InChI=1S/C10H17N3O/c1-6(2)8-7(3)11-10(13(4)5)12-9(8)14/h6H,1-5H3,(H,11,12,14). The fraction of sp³-hybridized carbons (Fsp3) is 0.600. The maximum Gasteiger partial charge on any atom is 0.255 e. The van der Waals surface area contributed by atoms with Crippen molar-refractivity contribution in [1.82, 2.24) is 9.97 Å². The van der Waals surface area contributed by atoms with Gasteiger partial charge in [0.05, 0.1) is 5.69 Å². The highest BCUT2D eigenvalue weighted by Crippen LogP contribution is 2.13. The molecule has 0 unspecified atom stereocenters. The minimum Gasteiger partial charge on any atom is -0.348 e. The van der Waals surface area contributed by atoms with Crippen molar-refractivity contribution < 1.29 is 0 Å². The van der Waals surface area contributed by atoms with E-state index in [9.17, 15) is 4.79 Å². The van der Waals surface area contributed by atoms with Gasteiger partial charge in [0.25, 0.3) is 5.56 Å². The Morgan fingerprint density at radius 2 is 1.93 bits per heavy atom. The lowest BCUT2D eigenvalue weighted by atomic mass is 10.0. The number of aromatic nitrogens is 2. The minimum absolute atomic E-state index is 0.0313. The minimum atomic E-state index is -0.0313. The Morgan fingerprint density at radius 3 is 2.29 bits per heavy atom. The highest BCUT2D eigenvalue weighted by atomic mass is 16.1. The van der Waals surface area contributed by atoms with Crippen molar-refractivity contribution in [2.45, 2.75) is 26.7 Å². The molecule has 1 aromatic heterocycles. The van der Waals surface area contributed by atoms with Crippen LogP contribution in [-0.2, 0) is 0 Å². The molecule has 4 nitrogen and oxygen atoms in total. The predicted octanol–water partition coefficient (Wildman–Crippen LogP) is 1.27. The molecule has 0 saturated carbocycles. The van der Waals surface area contributed by atoms with E-state index >= 15 is 0 Å². The second-order valence-corrected chi connectivity index (χ2v) is 3.94. The first kappa shape index (κ1) is 10.8. The molecule has 1 N–H and O–H groups in total. The third-order valence-corrected chi connectivity index (χ3v) is 2.13. The zero-order valence-corrected chi connectivity index (χ0v) is 9.38. The van der Waals surface area contributed by atoms with Gasteiger partial charge in [-0.05, 0) is 12.8 Å². The summed E-state index contributed by atoms with van der Waals surface area (Å²) < 4.78 is 0. The summed E-state index contributed by atoms with van der Waals surface area (Å²) in [6.07, 6.45) is 0. The van der Waals surface area contributed by atoms with Gasteiger partial charge in [-0.15, -0.1) is 0 Å². The van der Waals surface area contributed by atoms with Crippen LogP contribution in [0.5, 0.6) is 0 Å². The number of aromatic amines is 1. The molecule has 0 aliphatic heterocycles. The van der Waals surface area contributed by atoms with E-state index in [2.05, 4.69) is 9.97 Å². The fourth-order valence-electron chi connectivity index (χ4n) is 1.47. The normalized spacial score (nSPS) is 10.7. The van der Waals surface area contributed by atoms with Crippen LogP contribution in [0.15, 0.2) is 4.79 Å². The molecular formula is C10H17N3O. The number of aryl methyl sites for hydroxylation is 1. The van der Waals surface area contributed by atoms with E-state index in [1.165, 1.54) is 0 Å². The van der Waals surface area contributed by atoms with Crippen LogP contribution in [0.3, 0.4) is 0 Å². The monoisotopic (exact) mass is 195 g/mol. The maximum atomic E-state index is 11.7. The van der Waals surface area contributed by atoms with Gasteiger partial charge in [0, 0.05) is 19.7 Å². The molecule has 1 rings (SSSR count). The zero-order chi connectivity index (χ0) is 10.9. The van der Waals surface area contributed by atoms with Gasteiger partial charge < -0.3 is 4.90 Å². The summed E-state index contributed by atoms with van der Waals surface area (Å²) in [6.45, 7) is 5.86. The second kappa shape index (κ2) is 3.82. The van der Waals surface area contributed by atoms with Crippen molar-refractivity contribution >= 4 is 5.95 Å². The topological polar surface area (TPSA) is 49.0 Å². The van der Waals surface area contributed by atoms with Crippen LogP contribution in [0.25, 0.3) is 0 Å². The molecular weight excluding hydrogens is 178 g/mol. The van der Waals surface area contributed by atoms with Crippen LogP contribution in [-0.4, -0.2) is 24.1 Å². The van der Waals surface area contributed by atoms with Crippen molar-refractivity contribution in [2.24, 2.45) is 0 Å². The number of anilines is 1. The van der Waals surface area contributed by atoms with Crippen LogP contribution in [0.4, 0.5) is 5.95 Å². The van der Waals surface area contributed by atoms with Crippen LogP contribution < -0.4 is 10.5 Å². The van der Waals surface area contributed by atoms with Gasteiger partial charge in [-0.1, -0.05) is 13.8 Å². The van der Waals surface area contributed by atoms with E-state index < -0.39 is 0 Å². The van der Waals surface area contributed by atoms with Gasteiger partial charge in [-0.25, -0.2) is 4.98 Å². The van der Waals surface area contributed by atoms with Gasteiger partial charge in [-0.3, -0.25) is 9.78 Å². The molecule has 0 aliphatic rings. The Kier molecular flexibility index (Phi) is 2.93. The number of hydrogen-bond donors (Lipinski definition) is 1. The highest BCUT2D eigenvalue weighted by Gasteiger charge is 2.11. The van der Waals surface area contributed by atoms with Gasteiger partial charge in [0.15, 0.2) is 0 Å². The van der Waals surface area contributed by atoms with E-state index in [0.29, 0.717) is 5.95 Å². The Hall–Kier alpha value is -1.32. The zero-order valence-electron chi connectivity index (χ0n) is 9.38. The molecule has 0 atom stereocenters. The number of rotatable bonds is 2. The summed E-state index contributed by atoms with van der Waals surface area (Å²) in [5.41, 5.74) is 1.55. The number of hydrogen-bond acceptors (Lipinski definition) is 3. The molecule has 0 amide bonds. The van der Waals surface area contributed by atoms with Crippen molar-refractivity contribution in [3.8, 4) is 0 Å². The molecule has 14 heavy (non-hydrogen) atoms. The van der Waals surface area contributed by atoms with Crippen LogP contribution in [0, 0.1) is 6.92 Å². The molecule has 0 bridgehead atoms. The largest absolute Gasteiger partial charge is 0.348 e. The molecule has 78 valence electrons. The molecule has 0 radical (unpaired) electrons. The Morgan fingerprint density at radius 1 is 1.36 bits per heavy atom. The SMILES string of the molecule is Cc1nc(N(C)C)[nH]c(=O)c1C(C)C. The first-order valence-corrected chi connectivity index (χ1v) is 4.71. The summed E-state index contributed by atoms with van der Waals surface area (Å²) in [4.78, 5) is 20.6. The van der Waals surface area contributed by atoms with Gasteiger partial charge in [0.1, 0.15) is 0 Å². The smallest absolute Gasteiger partial charge is 0.255 e. The summed E-state index contributed by atoms with van der Waals surface area (Å²) in [6, 6.07) is 0. The van der Waals surface area contributed by atoms with Crippen molar-refractivity contribution in [2.75, 3.05) is 19.0 Å². The second-order valence-electron chi connectivity index (χ2n) is 3.94. The first-order valence-electron chi connectivity index (χ1n) is 4.71. The first-order chi connectivity index (χ1) is 6.43. The third-order valence-electron chi connectivity index (χ3n) is 2.13. The van der Waals surface area contributed by atoms with E-state index in [0.717, 1.165) is 11.3 Å². The molecule has 0 saturated heterocycles. The number of nitrogens with one attached hydrogen (secondary N) is 1. The van der Waals surface area contributed by atoms with Crippen LogP contribution in [0.1, 0.15) is 31.0 Å². The van der Waals surface area contributed by atoms with Gasteiger partial charge in [-0.2, -0.15) is 0 Å². The molecule has 0 aliphatic carbocycles. The van der Waals surface area contributed by atoms with Crippen molar-refractivity contribution in [3.63, 3.8) is 0 Å². The summed E-state index contributed by atoms with van der Waals surface area (Å²) in [5.74, 6) is 0.819. The molecule has 0 spiro atoms. The lowest BCUT2D eigenvalue weighted by Gasteiger charge is -2.14. The average Bonchev–Trinajstić information content (AvgIpc) is 2.01. The van der Waals surface area contributed by atoms with Crippen LogP contribution in [0.2, 0.25) is 0 Å². The maximum absolute atomic E-state index is 11.7. The third kappa shape index (κ3) is 1.95. The molecule has 1 aromatic rings. The van der Waals surface area contributed by atoms with E-state index in [1.807, 2.05) is 34.9 Å². The number of H-pyrrole nitrogens is 1. The molecule has 1 heterocycles. The lowest BCUT2D eigenvalue weighted by molar-refractivity contribution is 0.805. The number of nitrogens with zero attached hydrogens (tertiary/aromatic N) is 2. The van der Waals surface area contributed by atoms with Gasteiger partial charge >= 0.3 is 0 Å². The van der Waals surface area contributed by atoms with Crippen molar-refractivity contribution in [1.29, 1.82) is 0 Å².